The Labute approximate surface area is 112 Å². The van der Waals surface area contributed by atoms with Gasteiger partial charge in [0.15, 0.2) is 0 Å². The molecule has 1 aromatic rings. The van der Waals surface area contributed by atoms with Gasteiger partial charge in [-0.2, -0.15) is 0 Å². The summed E-state index contributed by atoms with van der Waals surface area (Å²) in [6.45, 7) is 3.72. The van der Waals surface area contributed by atoms with Crippen LogP contribution in [0.25, 0.3) is 0 Å². The topological polar surface area (TPSA) is 75.6 Å². The van der Waals surface area contributed by atoms with E-state index < -0.39 is 11.6 Å². The van der Waals surface area contributed by atoms with Gasteiger partial charge in [-0.15, -0.1) is 0 Å². The van der Waals surface area contributed by atoms with Gasteiger partial charge in [0.1, 0.15) is 5.60 Å². The van der Waals surface area contributed by atoms with Crippen molar-refractivity contribution in [2.75, 3.05) is 13.7 Å². The Hall–Kier alpha value is -1.88. The second kappa shape index (κ2) is 6.33. The molecule has 2 N–H and O–H groups in total. The van der Waals surface area contributed by atoms with Crippen LogP contribution in [0.5, 0.6) is 0 Å². The predicted octanol–water partition coefficient (Wildman–Crippen LogP) is 1.47. The first kappa shape index (κ1) is 15.2. The van der Waals surface area contributed by atoms with Gasteiger partial charge in [0.05, 0.1) is 5.56 Å². The zero-order valence-corrected chi connectivity index (χ0v) is 11.4. The molecular formula is C14H19NO4. The summed E-state index contributed by atoms with van der Waals surface area (Å²) < 4.78 is 5.06. The number of amides is 1. The van der Waals surface area contributed by atoms with E-state index >= 15 is 0 Å². The van der Waals surface area contributed by atoms with Gasteiger partial charge in [-0.3, -0.25) is 4.79 Å². The van der Waals surface area contributed by atoms with Crippen LogP contribution in [-0.4, -0.2) is 36.2 Å². The molecule has 0 bridgehead atoms. The van der Waals surface area contributed by atoms with Gasteiger partial charge in [-0.1, -0.05) is 18.2 Å². The maximum atomic E-state index is 11.8. The highest BCUT2D eigenvalue weighted by atomic mass is 16.5. The highest BCUT2D eigenvalue weighted by Gasteiger charge is 2.26. The van der Waals surface area contributed by atoms with E-state index in [1.165, 1.54) is 7.11 Å². The van der Waals surface area contributed by atoms with Crippen molar-refractivity contribution < 1.29 is 19.4 Å². The van der Waals surface area contributed by atoms with E-state index in [-0.39, 0.29) is 11.5 Å². The van der Waals surface area contributed by atoms with Crippen molar-refractivity contribution in [3.05, 3.63) is 35.4 Å². The fourth-order valence-corrected chi connectivity index (χ4v) is 1.56. The minimum absolute atomic E-state index is 0.220. The summed E-state index contributed by atoms with van der Waals surface area (Å²) in [6.07, 6.45) is 0.466. The molecule has 0 saturated heterocycles. The third kappa shape index (κ3) is 4.06. The average molecular weight is 265 g/mol. The zero-order chi connectivity index (χ0) is 14.5. The van der Waals surface area contributed by atoms with Crippen LogP contribution in [0, 0.1) is 0 Å². The number of carbonyl (C=O) groups excluding carboxylic acids is 1. The van der Waals surface area contributed by atoms with Gasteiger partial charge in [-0.25, -0.2) is 4.79 Å². The Bertz CT molecular complexity index is 468. The van der Waals surface area contributed by atoms with Crippen LogP contribution in [0.1, 0.15) is 29.8 Å². The first-order valence-electron chi connectivity index (χ1n) is 6.03. The molecule has 0 atom stereocenters. The molecule has 0 unspecified atom stereocenters. The van der Waals surface area contributed by atoms with Crippen molar-refractivity contribution in [2.45, 2.75) is 25.9 Å². The Morgan fingerprint density at radius 3 is 2.53 bits per heavy atom. The summed E-state index contributed by atoms with van der Waals surface area (Å²) in [6, 6.07) is 6.76. The van der Waals surface area contributed by atoms with Crippen LogP contribution in [0.3, 0.4) is 0 Å². The monoisotopic (exact) mass is 265 g/mol. The van der Waals surface area contributed by atoms with Gasteiger partial charge >= 0.3 is 5.97 Å². The molecule has 0 aliphatic heterocycles. The molecule has 1 aromatic carbocycles. The van der Waals surface area contributed by atoms with Crippen molar-refractivity contribution in [3.8, 4) is 0 Å². The lowest BCUT2D eigenvalue weighted by molar-refractivity contribution is -0.139. The molecule has 0 saturated carbocycles. The lowest BCUT2D eigenvalue weighted by Gasteiger charge is -2.21. The minimum atomic E-state index is -0.959. The number of carboxylic acids is 1. The normalized spacial score (nSPS) is 11.1. The summed E-state index contributed by atoms with van der Waals surface area (Å²) in [5, 5.41) is 11.8. The van der Waals surface area contributed by atoms with Crippen molar-refractivity contribution in [3.63, 3.8) is 0 Å². The number of ether oxygens (including phenoxy) is 1. The number of carboxylic acid groups (broad SMARTS) is 1. The molecule has 0 radical (unpaired) electrons. The van der Waals surface area contributed by atoms with Crippen LogP contribution in [-0.2, 0) is 16.0 Å². The molecule has 1 amide bonds. The second-order valence-electron chi connectivity index (χ2n) is 4.68. The maximum absolute atomic E-state index is 11.8. The lowest BCUT2D eigenvalue weighted by atomic mass is 10.0. The van der Waals surface area contributed by atoms with Crippen LogP contribution in [0.2, 0.25) is 0 Å². The summed E-state index contributed by atoms with van der Waals surface area (Å²) in [7, 11) is 1.47. The van der Waals surface area contributed by atoms with E-state index in [0.29, 0.717) is 18.5 Å². The van der Waals surface area contributed by atoms with Crippen molar-refractivity contribution >= 4 is 11.9 Å². The van der Waals surface area contributed by atoms with Crippen LogP contribution >= 0.6 is 0 Å². The maximum Gasteiger partial charge on any atom is 0.335 e. The summed E-state index contributed by atoms with van der Waals surface area (Å²) >= 11 is 0. The van der Waals surface area contributed by atoms with E-state index in [9.17, 15) is 9.59 Å². The number of nitrogens with one attached hydrogen (secondary N) is 1. The Kier molecular flexibility index (Phi) is 5.06. The average Bonchev–Trinajstić information content (AvgIpc) is 2.38. The number of hydrogen-bond donors (Lipinski definition) is 2. The lowest BCUT2D eigenvalue weighted by Crippen LogP contribution is -2.44. The zero-order valence-electron chi connectivity index (χ0n) is 11.4. The Morgan fingerprint density at radius 1 is 1.32 bits per heavy atom. The molecule has 1 rings (SSSR count). The van der Waals surface area contributed by atoms with Gasteiger partial charge in [0.2, 0.25) is 0 Å². The third-order valence-corrected chi connectivity index (χ3v) is 2.98. The smallest absolute Gasteiger partial charge is 0.335 e. The van der Waals surface area contributed by atoms with Crippen LogP contribution < -0.4 is 5.32 Å². The Morgan fingerprint density at radius 2 is 1.95 bits per heavy atom. The molecule has 19 heavy (non-hydrogen) atoms. The highest BCUT2D eigenvalue weighted by Crippen LogP contribution is 2.10. The van der Waals surface area contributed by atoms with Crippen molar-refractivity contribution in [2.24, 2.45) is 0 Å². The van der Waals surface area contributed by atoms with E-state index in [1.807, 2.05) is 0 Å². The predicted molar refractivity (Wildman–Crippen MR) is 71.2 cm³/mol. The fourth-order valence-electron chi connectivity index (χ4n) is 1.56. The molecule has 104 valence electrons. The van der Waals surface area contributed by atoms with Gasteiger partial charge < -0.3 is 15.2 Å². The number of hydrogen-bond acceptors (Lipinski definition) is 3. The van der Waals surface area contributed by atoms with E-state index in [1.54, 1.807) is 38.1 Å². The van der Waals surface area contributed by atoms with E-state index in [2.05, 4.69) is 5.32 Å². The van der Waals surface area contributed by atoms with E-state index in [4.69, 9.17) is 9.84 Å². The highest BCUT2D eigenvalue weighted by molar-refractivity contribution is 5.89. The van der Waals surface area contributed by atoms with Crippen LogP contribution in [0.15, 0.2) is 24.3 Å². The Balaban J connectivity index is 2.59. The number of carbonyl (C=O) groups is 2. The van der Waals surface area contributed by atoms with Crippen molar-refractivity contribution in [1.82, 2.24) is 5.32 Å². The molecule has 0 fully saturated rings. The number of aromatic carboxylic acids is 1. The molecule has 0 aliphatic carbocycles. The van der Waals surface area contributed by atoms with Gasteiger partial charge in [0.25, 0.3) is 5.91 Å². The molecule has 0 aromatic heterocycles. The standard InChI is InChI=1S/C14H19NO4/c1-14(2,19-3)13(18)15-9-8-10-6-4-5-7-11(10)12(16)17/h4-7H,8-9H2,1-3H3,(H,15,18)(H,16,17). The van der Waals surface area contributed by atoms with Gasteiger partial charge in [0, 0.05) is 13.7 Å². The van der Waals surface area contributed by atoms with E-state index in [0.717, 1.165) is 0 Å². The minimum Gasteiger partial charge on any atom is -0.478 e. The fraction of sp³-hybridized carbons (Fsp3) is 0.429. The molecule has 5 heteroatoms. The third-order valence-electron chi connectivity index (χ3n) is 2.98. The first-order valence-corrected chi connectivity index (χ1v) is 6.03. The molecule has 0 spiro atoms. The quantitative estimate of drug-likeness (QED) is 0.816. The molecule has 5 nitrogen and oxygen atoms in total. The summed E-state index contributed by atoms with van der Waals surface area (Å²) in [5.41, 5.74) is 0.0834. The first-order chi connectivity index (χ1) is 8.88. The number of benzene rings is 1. The molecule has 0 aliphatic rings. The number of methoxy groups -OCH3 is 1. The molecule has 0 heterocycles. The summed E-state index contributed by atoms with van der Waals surface area (Å²) in [5.74, 6) is -1.18. The largest absolute Gasteiger partial charge is 0.478 e. The summed E-state index contributed by atoms with van der Waals surface area (Å²) in [4.78, 5) is 22.8. The molecular weight excluding hydrogens is 246 g/mol. The van der Waals surface area contributed by atoms with Gasteiger partial charge in [-0.05, 0) is 31.9 Å². The van der Waals surface area contributed by atoms with Crippen molar-refractivity contribution in [1.29, 1.82) is 0 Å². The number of rotatable bonds is 6. The SMILES string of the molecule is COC(C)(C)C(=O)NCCc1ccccc1C(=O)O. The van der Waals surface area contributed by atoms with Crippen LogP contribution in [0.4, 0.5) is 0 Å². The second-order valence-corrected chi connectivity index (χ2v) is 4.68.